The molecule has 2 rings (SSSR count). The van der Waals surface area contributed by atoms with Crippen LogP contribution in [0.4, 0.5) is 0 Å². The van der Waals surface area contributed by atoms with E-state index in [1.165, 1.54) is 0 Å². The molecule has 5 nitrogen and oxygen atoms in total. The van der Waals surface area contributed by atoms with E-state index in [2.05, 4.69) is 11.9 Å². The molecule has 2 saturated heterocycles. The SMILES string of the molecule is CCC(=O)N1CCC(C(=O)N2CCCN(C)CC2)CC1. The minimum Gasteiger partial charge on any atom is -0.343 e. The van der Waals surface area contributed by atoms with E-state index in [-0.39, 0.29) is 11.8 Å². The second kappa shape index (κ2) is 7.07. The number of hydrogen-bond donors (Lipinski definition) is 0. The van der Waals surface area contributed by atoms with Gasteiger partial charge in [-0.15, -0.1) is 0 Å². The second-order valence-electron chi connectivity index (χ2n) is 5.99. The highest BCUT2D eigenvalue weighted by atomic mass is 16.2. The Morgan fingerprint density at radius 2 is 1.65 bits per heavy atom. The highest BCUT2D eigenvalue weighted by Gasteiger charge is 2.30. The maximum atomic E-state index is 12.6. The van der Waals surface area contributed by atoms with Crippen LogP contribution in [-0.2, 0) is 9.59 Å². The van der Waals surface area contributed by atoms with E-state index in [1.54, 1.807) is 0 Å². The Morgan fingerprint density at radius 1 is 0.950 bits per heavy atom. The third-order valence-corrected chi connectivity index (χ3v) is 4.53. The molecule has 0 aliphatic carbocycles. The first kappa shape index (κ1) is 15.3. The Hall–Kier alpha value is -1.10. The molecule has 0 saturated carbocycles. The Kier molecular flexibility index (Phi) is 5.40. The predicted octanol–water partition coefficient (Wildman–Crippen LogP) is 0.799. The summed E-state index contributed by atoms with van der Waals surface area (Å²) in [4.78, 5) is 30.4. The summed E-state index contributed by atoms with van der Waals surface area (Å²) in [6, 6.07) is 0. The fourth-order valence-corrected chi connectivity index (χ4v) is 3.12. The van der Waals surface area contributed by atoms with Gasteiger partial charge in [0.15, 0.2) is 0 Å². The molecule has 2 aliphatic heterocycles. The summed E-state index contributed by atoms with van der Waals surface area (Å²) in [5.41, 5.74) is 0. The van der Waals surface area contributed by atoms with Crippen LogP contribution in [0.3, 0.4) is 0 Å². The maximum Gasteiger partial charge on any atom is 0.225 e. The van der Waals surface area contributed by atoms with Crippen molar-refractivity contribution in [3.05, 3.63) is 0 Å². The zero-order valence-corrected chi connectivity index (χ0v) is 12.8. The standard InChI is InChI=1S/C15H27N3O2/c1-3-14(19)17-9-5-13(6-10-17)15(20)18-8-4-7-16(2)11-12-18/h13H,3-12H2,1-2H3. The molecule has 0 spiro atoms. The molecule has 0 aromatic heterocycles. The Morgan fingerprint density at radius 3 is 2.30 bits per heavy atom. The van der Waals surface area contributed by atoms with E-state index in [9.17, 15) is 9.59 Å². The number of piperidine rings is 1. The van der Waals surface area contributed by atoms with Crippen LogP contribution in [0, 0.1) is 5.92 Å². The van der Waals surface area contributed by atoms with E-state index in [0.717, 1.165) is 58.5 Å². The van der Waals surface area contributed by atoms with Crippen LogP contribution in [-0.4, -0.2) is 72.8 Å². The van der Waals surface area contributed by atoms with Crippen molar-refractivity contribution >= 4 is 11.8 Å². The van der Waals surface area contributed by atoms with Gasteiger partial charge in [0, 0.05) is 45.1 Å². The minimum absolute atomic E-state index is 0.124. The van der Waals surface area contributed by atoms with E-state index in [0.29, 0.717) is 12.3 Å². The van der Waals surface area contributed by atoms with Crippen LogP contribution in [0.1, 0.15) is 32.6 Å². The smallest absolute Gasteiger partial charge is 0.225 e. The van der Waals surface area contributed by atoms with Gasteiger partial charge in [-0.25, -0.2) is 0 Å². The van der Waals surface area contributed by atoms with Crippen molar-refractivity contribution < 1.29 is 9.59 Å². The molecule has 114 valence electrons. The van der Waals surface area contributed by atoms with Crippen LogP contribution < -0.4 is 0 Å². The molecule has 0 unspecified atom stereocenters. The van der Waals surface area contributed by atoms with Gasteiger partial charge in [-0.2, -0.15) is 0 Å². The lowest BCUT2D eigenvalue weighted by Gasteiger charge is -2.34. The maximum absolute atomic E-state index is 12.6. The number of carbonyl (C=O) groups excluding carboxylic acids is 2. The third kappa shape index (κ3) is 3.72. The molecule has 2 amide bonds. The number of hydrogen-bond acceptors (Lipinski definition) is 3. The molecule has 5 heteroatoms. The summed E-state index contributed by atoms with van der Waals surface area (Å²) in [5, 5.41) is 0. The highest BCUT2D eigenvalue weighted by Crippen LogP contribution is 2.21. The first-order valence-electron chi connectivity index (χ1n) is 7.87. The summed E-state index contributed by atoms with van der Waals surface area (Å²) in [6.07, 6.45) is 3.29. The predicted molar refractivity (Wildman–Crippen MR) is 78.3 cm³/mol. The summed E-state index contributed by atoms with van der Waals surface area (Å²) < 4.78 is 0. The molecule has 0 aromatic rings. The van der Waals surface area contributed by atoms with Gasteiger partial charge in [0.25, 0.3) is 0 Å². The number of likely N-dealkylation sites (tertiary alicyclic amines) is 1. The number of likely N-dealkylation sites (N-methyl/N-ethyl adjacent to an activating group) is 1. The zero-order chi connectivity index (χ0) is 14.5. The largest absolute Gasteiger partial charge is 0.343 e. The second-order valence-corrected chi connectivity index (χ2v) is 5.99. The van der Waals surface area contributed by atoms with E-state index < -0.39 is 0 Å². The van der Waals surface area contributed by atoms with Crippen molar-refractivity contribution in [2.75, 3.05) is 46.3 Å². The highest BCUT2D eigenvalue weighted by molar-refractivity contribution is 5.80. The average molecular weight is 281 g/mol. The van der Waals surface area contributed by atoms with Crippen molar-refractivity contribution in [2.24, 2.45) is 5.92 Å². The van der Waals surface area contributed by atoms with Crippen LogP contribution >= 0.6 is 0 Å². The molecule has 2 aliphatic rings. The Labute approximate surface area is 121 Å². The summed E-state index contributed by atoms with van der Waals surface area (Å²) >= 11 is 0. The normalized spacial score (nSPS) is 22.7. The topological polar surface area (TPSA) is 43.9 Å². The number of carbonyl (C=O) groups is 2. The summed E-state index contributed by atoms with van der Waals surface area (Å²) in [6.45, 7) is 7.17. The van der Waals surface area contributed by atoms with Crippen molar-refractivity contribution in [2.45, 2.75) is 32.6 Å². The van der Waals surface area contributed by atoms with Gasteiger partial charge in [-0.3, -0.25) is 9.59 Å². The third-order valence-electron chi connectivity index (χ3n) is 4.53. The summed E-state index contributed by atoms with van der Waals surface area (Å²) in [5.74, 6) is 0.649. The quantitative estimate of drug-likeness (QED) is 0.752. The Bertz CT molecular complexity index is 351. The van der Waals surface area contributed by atoms with Crippen molar-refractivity contribution in [3.8, 4) is 0 Å². The van der Waals surface area contributed by atoms with Crippen LogP contribution in [0.2, 0.25) is 0 Å². The van der Waals surface area contributed by atoms with Gasteiger partial charge in [0.05, 0.1) is 0 Å². The Balaban J connectivity index is 1.83. The fourth-order valence-electron chi connectivity index (χ4n) is 3.12. The van der Waals surface area contributed by atoms with Crippen LogP contribution in [0.15, 0.2) is 0 Å². The molecule has 2 fully saturated rings. The molecule has 20 heavy (non-hydrogen) atoms. The number of nitrogens with zero attached hydrogens (tertiary/aromatic N) is 3. The molecular formula is C15H27N3O2. The zero-order valence-electron chi connectivity index (χ0n) is 12.8. The first-order valence-corrected chi connectivity index (χ1v) is 7.87. The van der Waals surface area contributed by atoms with Crippen LogP contribution in [0.25, 0.3) is 0 Å². The van der Waals surface area contributed by atoms with Gasteiger partial charge >= 0.3 is 0 Å². The lowest BCUT2D eigenvalue weighted by molar-refractivity contribution is -0.140. The molecule has 2 heterocycles. The van der Waals surface area contributed by atoms with Gasteiger partial charge in [0.1, 0.15) is 0 Å². The van der Waals surface area contributed by atoms with Crippen molar-refractivity contribution in [3.63, 3.8) is 0 Å². The van der Waals surface area contributed by atoms with E-state index in [4.69, 9.17) is 0 Å². The molecule has 0 atom stereocenters. The van der Waals surface area contributed by atoms with Crippen LogP contribution in [0.5, 0.6) is 0 Å². The average Bonchev–Trinajstić information content (AvgIpc) is 2.70. The van der Waals surface area contributed by atoms with Gasteiger partial charge < -0.3 is 14.7 Å². The van der Waals surface area contributed by atoms with Gasteiger partial charge in [-0.1, -0.05) is 6.92 Å². The number of rotatable bonds is 2. The lowest BCUT2D eigenvalue weighted by atomic mass is 9.95. The van der Waals surface area contributed by atoms with E-state index in [1.807, 2.05) is 16.7 Å². The van der Waals surface area contributed by atoms with Crippen molar-refractivity contribution in [1.82, 2.24) is 14.7 Å². The van der Waals surface area contributed by atoms with Gasteiger partial charge in [-0.05, 0) is 32.9 Å². The fraction of sp³-hybridized carbons (Fsp3) is 0.867. The monoisotopic (exact) mass is 281 g/mol. The van der Waals surface area contributed by atoms with Crippen molar-refractivity contribution in [1.29, 1.82) is 0 Å². The van der Waals surface area contributed by atoms with E-state index >= 15 is 0 Å². The minimum atomic E-state index is 0.124. The number of amides is 2. The summed E-state index contributed by atoms with van der Waals surface area (Å²) in [7, 11) is 2.11. The molecule has 0 aromatic carbocycles. The lowest BCUT2D eigenvalue weighted by Crippen LogP contribution is -2.45. The molecule has 0 bridgehead atoms. The first-order chi connectivity index (χ1) is 9.61. The molecule has 0 radical (unpaired) electrons. The van der Waals surface area contributed by atoms with Gasteiger partial charge in [0.2, 0.25) is 11.8 Å². The molecular weight excluding hydrogens is 254 g/mol. The molecule has 0 N–H and O–H groups in total.